The van der Waals surface area contributed by atoms with Crippen molar-refractivity contribution in [2.75, 3.05) is 5.32 Å². The molecule has 6 nitrogen and oxygen atoms in total. The second-order valence-electron chi connectivity index (χ2n) is 5.25. The first kappa shape index (κ1) is 17.6. The number of pyridine rings is 2. The fourth-order valence-corrected chi connectivity index (χ4v) is 2.34. The fourth-order valence-electron chi connectivity index (χ4n) is 2.21. The summed E-state index contributed by atoms with van der Waals surface area (Å²) >= 11 is 5.82. The van der Waals surface area contributed by atoms with Gasteiger partial charge in [0.1, 0.15) is 5.69 Å². The quantitative estimate of drug-likeness (QED) is 0.680. The van der Waals surface area contributed by atoms with E-state index in [1.807, 2.05) is 0 Å². The number of halogens is 1. The van der Waals surface area contributed by atoms with Gasteiger partial charge in [0.05, 0.1) is 5.69 Å². The van der Waals surface area contributed by atoms with Crippen molar-refractivity contribution < 1.29 is 14.3 Å². The number of rotatable bonds is 5. The third-order valence-electron chi connectivity index (χ3n) is 3.43. The highest BCUT2D eigenvalue weighted by atomic mass is 35.5. The zero-order valence-electron chi connectivity index (χ0n) is 13.5. The van der Waals surface area contributed by atoms with Crippen LogP contribution in [0.3, 0.4) is 0 Å². The normalized spacial score (nSPS) is 11.4. The van der Waals surface area contributed by atoms with Gasteiger partial charge >= 0.3 is 6.09 Å². The molecule has 0 radical (unpaired) electrons. The Morgan fingerprint density at radius 3 is 2.23 bits per heavy atom. The third kappa shape index (κ3) is 4.43. The van der Waals surface area contributed by atoms with Crippen LogP contribution in [0.25, 0.3) is 0 Å². The lowest BCUT2D eigenvalue weighted by molar-refractivity contribution is 0.0652. The summed E-state index contributed by atoms with van der Waals surface area (Å²) in [4.78, 5) is 33.2. The van der Waals surface area contributed by atoms with Crippen molar-refractivity contribution >= 4 is 29.2 Å². The lowest BCUT2D eigenvalue weighted by Crippen LogP contribution is -2.24. The summed E-state index contributed by atoms with van der Waals surface area (Å²) < 4.78 is 5.35. The van der Waals surface area contributed by atoms with Gasteiger partial charge in [0, 0.05) is 23.1 Å². The molecule has 0 aliphatic heterocycles. The van der Waals surface area contributed by atoms with E-state index in [1.54, 1.807) is 60.7 Å². The summed E-state index contributed by atoms with van der Waals surface area (Å²) in [5.74, 6) is -0.462. The molecule has 1 N–H and O–H groups in total. The molecule has 0 spiro atoms. The van der Waals surface area contributed by atoms with E-state index in [9.17, 15) is 9.59 Å². The molecule has 0 saturated carbocycles. The van der Waals surface area contributed by atoms with E-state index >= 15 is 0 Å². The number of amides is 1. The molecule has 1 aromatic carbocycles. The monoisotopic (exact) mass is 367 g/mol. The highest BCUT2D eigenvalue weighted by Crippen LogP contribution is 2.21. The molecule has 2 aromatic heterocycles. The molecule has 7 heteroatoms. The molecular formula is C19H14ClN3O3. The summed E-state index contributed by atoms with van der Waals surface area (Å²) in [6, 6.07) is 16.5. The van der Waals surface area contributed by atoms with Gasteiger partial charge in [-0.15, -0.1) is 0 Å². The number of ketones is 1. The Labute approximate surface area is 154 Å². The van der Waals surface area contributed by atoms with Crippen molar-refractivity contribution in [1.29, 1.82) is 0 Å². The molecule has 0 saturated heterocycles. The van der Waals surface area contributed by atoms with E-state index in [1.165, 1.54) is 12.4 Å². The van der Waals surface area contributed by atoms with Crippen LogP contribution in [0, 0.1) is 0 Å². The number of benzene rings is 1. The van der Waals surface area contributed by atoms with Crippen LogP contribution in [-0.2, 0) is 4.74 Å². The zero-order chi connectivity index (χ0) is 18.4. The van der Waals surface area contributed by atoms with E-state index in [0.29, 0.717) is 16.4 Å². The second kappa shape index (κ2) is 8.22. The van der Waals surface area contributed by atoms with Gasteiger partial charge < -0.3 is 4.74 Å². The summed E-state index contributed by atoms with van der Waals surface area (Å²) in [7, 11) is 0. The van der Waals surface area contributed by atoms with Crippen LogP contribution in [0.15, 0.2) is 73.1 Å². The lowest BCUT2D eigenvalue weighted by Gasteiger charge is -2.16. The summed E-state index contributed by atoms with van der Waals surface area (Å²) in [5, 5.41) is 3.10. The number of nitrogens with one attached hydrogen (secondary N) is 1. The number of aromatic nitrogens is 2. The third-order valence-corrected chi connectivity index (χ3v) is 3.68. The van der Waals surface area contributed by atoms with Crippen LogP contribution < -0.4 is 5.32 Å². The molecular weight excluding hydrogens is 354 g/mol. The van der Waals surface area contributed by atoms with Gasteiger partial charge in [0.15, 0.2) is 0 Å². The molecule has 2 heterocycles. The minimum Gasteiger partial charge on any atom is -0.431 e. The molecule has 1 atom stereocenters. The van der Waals surface area contributed by atoms with Gasteiger partial charge in [-0.05, 0) is 48.5 Å². The summed E-state index contributed by atoms with van der Waals surface area (Å²) in [6.07, 6.45) is 1.02. The molecule has 0 aliphatic rings. The molecule has 0 aliphatic carbocycles. The maximum absolute atomic E-state index is 12.8. The van der Waals surface area contributed by atoms with Gasteiger partial charge in [-0.1, -0.05) is 23.7 Å². The van der Waals surface area contributed by atoms with Gasteiger partial charge in [-0.2, -0.15) is 0 Å². The molecule has 26 heavy (non-hydrogen) atoms. The molecule has 0 bridgehead atoms. The fraction of sp³-hybridized carbons (Fsp3) is 0.0526. The first-order valence-corrected chi connectivity index (χ1v) is 8.10. The lowest BCUT2D eigenvalue weighted by atomic mass is 10.1. The van der Waals surface area contributed by atoms with Crippen molar-refractivity contribution in [2.24, 2.45) is 0 Å². The van der Waals surface area contributed by atoms with Crippen LogP contribution in [-0.4, -0.2) is 21.8 Å². The Balaban J connectivity index is 1.80. The molecule has 1 amide bonds. The minimum absolute atomic E-state index is 0.183. The maximum atomic E-state index is 12.8. The summed E-state index contributed by atoms with van der Waals surface area (Å²) in [5.41, 5.74) is 0.987. The Kier molecular flexibility index (Phi) is 5.56. The number of Topliss-reactive ketones (excluding diaryl/α,β-unsaturated/α-hetero) is 1. The standard InChI is InChI=1S/C19H14ClN3O3/c20-13-7-9-14(10-8-13)23-19(25)26-18(16-6-2-4-12-22-16)17(24)15-5-1-3-11-21-15/h1-12,18H,(H,23,25)/t18-/m1/s1. The van der Waals surface area contributed by atoms with Crippen molar-refractivity contribution in [3.63, 3.8) is 0 Å². The van der Waals surface area contributed by atoms with E-state index in [0.717, 1.165) is 0 Å². The van der Waals surface area contributed by atoms with Crippen LogP contribution >= 0.6 is 11.6 Å². The average Bonchev–Trinajstić information content (AvgIpc) is 2.69. The van der Waals surface area contributed by atoms with Crippen molar-refractivity contribution in [3.05, 3.63) is 89.5 Å². The Hall–Kier alpha value is -3.25. The topological polar surface area (TPSA) is 81.2 Å². The Morgan fingerprint density at radius 2 is 1.62 bits per heavy atom. The van der Waals surface area contributed by atoms with Crippen molar-refractivity contribution in [2.45, 2.75) is 6.10 Å². The highest BCUT2D eigenvalue weighted by molar-refractivity contribution is 6.30. The first-order valence-electron chi connectivity index (χ1n) is 7.73. The zero-order valence-corrected chi connectivity index (χ0v) is 14.3. The number of hydrogen-bond donors (Lipinski definition) is 1. The SMILES string of the molecule is O=C(Nc1ccc(Cl)cc1)O[C@@H](C(=O)c1ccccn1)c1ccccn1. The number of carbonyl (C=O) groups is 2. The van der Waals surface area contributed by atoms with Crippen molar-refractivity contribution in [3.8, 4) is 0 Å². The van der Waals surface area contributed by atoms with Crippen molar-refractivity contribution in [1.82, 2.24) is 9.97 Å². The smallest absolute Gasteiger partial charge is 0.412 e. The van der Waals surface area contributed by atoms with Crippen LogP contribution in [0.2, 0.25) is 5.02 Å². The molecule has 0 fully saturated rings. The molecule has 3 aromatic rings. The number of hydrogen-bond acceptors (Lipinski definition) is 5. The average molecular weight is 368 g/mol. The van der Waals surface area contributed by atoms with Gasteiger partial charge in [0.2, 0.25) is 11.9 Å². The van der Waals surface area contributed by atoms with Crippen LogP contribution in [0.1, 0.15) is 22.3 Å². The largest absolute Gasteiger partial charge is 0.431 e. The van der Waals surface area contributed by atoms with Crippen LogP contribution in [0.5, 0.6) is 0 Å². The van der Waals surface area contributed by atoms with E-state index in [4.69, 9.17) is 16.3 Å². The molecule has 130 valence electrons. The van der Waals surface area contributed by atoms with Gasteiger partial charge in [-0.3, -0.25) is 20.1 Å². The predicted molar refractivity (Wildman–Crippen MR) is 97.1 cm³/mol. The number of ether oxygens (including phenoxy) is 1. The first-order chi connectivity index (χ1) is 12.6. The maximum Gasteiger partial charge on any atom is 0.412 e. The molecule has 0 unspecified atom stereocenters. The summed E-state index contributed by atoms with van der Waals surface area (Å²) in [6.45, 7) is 0. The van der Waals surface area contributed by atoms with E-state index < -0.39 is 18.0 Å². The number of anilines is 1. The van der Waals surface area contributed by atoms with Gasteiger partial charge in [-0.25, -0.2) is 4.79 Å². The second-order valence-corrected chi connectivity index (χ2v) is 5.69. The van der Waals surface area contributed by atoms with Gasteiger partial charge in [0.25, 0.3) is 0 Å². The Morgan fingerprint density at radius 1 is 0.923 bits per heavy atom. The Bertz CT molecular complexity index is 887. The van der Waals surface area contributed by atoms with E-state index in [2.05, 4.69) is 15.3 Å². The number of carbonyl (C=O) groups excluding carboxylic acids is 2. The highest BCUT2D eigenvalue weighted by Gasteiger charge is 2.28. The van der Waals surface area contributed by atoms with Crippen LogP contribution in [0.4, 0.5) is 10.5 Å². The van der Waals surface area contributed by atoms with E-state index in [-0.39, 0.29) is 5.69 Å². The predicted octanol–water partition coefficient (Wildman–Crippen LogP) is 4.30. The minimum atomic E-state index is -1.21. The molecule has 3 rings (SSSR count). The number of nitrogens with zero attached hydrogens (tertiary/aromatic N) is 2.